The molecule has 0 amide bonds. The Morgan fingerprint density at radius 2 is 2.06 bits per heavy atom. The predicted molar refractivity (Wildman–Crippen MR) is 69.8 cm³/mol. The molecule has 2 heteroatoms. The summed E-state index contributed by atoms with van der Waals surface area (Å²) in [6.07, 6.45) is 0.991. The molecule has 94 valence electrons. The van der Waals surface area contributed by atoms with Crippen molar-refractivity contribution in [2.75, 3.05) is 13.7 Å². The first kappa shape index (κ1) is 12.4. The van der Waals surface area contributed by atoms with Gasteiger partial charge in [0.1, 0.15) is 5.75 Å². The lowest BCUT2D eigenvalue weighted by atomic mass is 9.72. The van der Waals surface area contributed by atoms with Gasteiger partial charge in [0.15, 0.2) is 0 Å². The zero-order valence-corrected chi connectivity index (χ0v) is 11.5. The second-order valence-electron chi connectivity index (χ2n) is 5.22. The maximum Gasteiger partial charge on any atom is 0.128 e. The first-order valence-corrected chi connectivity index (χ1v) is 6.37. The topological polar surface area (TPSA) is 18.5 Å². The van der Waals surface area contributed by atoms with E-state index < -0.39 is 0 Å². The molecule has 1 aliphatic rings. The van der Waals surface area contributed by atoms with E-state index in [-0.39, 0.29) is 5.60 Å². The van der Waals surface area contributed by atoms with Crippen molar-refractivity contribution in [3.63, 3.8) is 0 Å². The summed E-state index contributed by atoms with van der Waals surface area (Å²) in [5, 5.41) is 0. The minimum Gasteiger partial charge on any atom is -0.496 e. The van der Waals surface area contributed by atoms with Crippen LogP contribution in [-0.4, -0.2) is 13.7 Å². The maximum atomic E-state index is 5.89. The molecule has 0 saturated heterocycles. The molecule has 0 aliphatic heterocycles. The van der Waals surface area contributed by atoms with Gasteiger partial charge in [0.2, 0.25) is 0 Å². The van der Waals surface area contributed by atoms with Gasteiger partial charge in [-0.05, 0) is 30.9 Å². The Kier molecular flexibility index (Phi) is 3.17. The largest absolute Gasteiger partial charge is 0.496 e. The van der Waals surface area contributed by atoms with Crippen molar-refractivity contribution in [2.45, 2.75) is 45.6 Å². The fraction of sp³-hybridized carbons (Fsp3) is 0.600. The van der Waals surface area contributed by atoms with Crippen molar-refractivity contribution < 1.29 is 9.47 Å². The molecule has 1 aromatic carbocycles. The Bertz CT molecular complexity index is 423. The number of benzene rings is 1. The van der Waals surface area contributed by atoms with Crippen LogP contribution in [0.1, 0.15) is 50.3 Å². The van der Waals surface area contributed by atoms with Crippen molar-refractivity contribution in [1.82, 2.24) is 0 Å². The van der Waals surface area contributed by atoms with Crippen LogP contribution in [-0.2, 0) is 16.8 Å². The van der Waals surface area contributed by atoms with Gasteiger partial charge < -0.3 is 9.47 Å². The molecule has 1 aliphatic carbocycles. The van der Waals surface area contributed by atoms with E-state index in [1.807, 2.05) is 6.92 Å². The van der Waals surface area contributed by atoms with E-state index in [0.29, 0.717) is 5.92 Å². The quantitative estimate of drug-likeness (QED) is 0.792. The van der Waals surface area contributed by atoms with E-state index in [9.17, 15) is 0 Å². The predicted octanol–water partition coefficient (Wildman–Crippen LogP) is 3.63. The number of rotatable bonds is 4. The number of methoxy groups -OCH3 is 1. The van der Waals surface area contributed by atoms with Gasteiger partial charge in [-0.3, -0.25) is 0 Å². The highest BCUT2D eigenvalue weighted by molar-refractivity contribution is 5.56. The van der Waals surface area contributed by atoms with Crippen molar-refractivity contribution in [2.24, 2.45) is 0 Å². The Labute approximate surface area is 104 Å². The van der Waals surface area contributed by atoms with E-state index >= 15 is 0 Å². The fourth-order valence-electron chi connectivity index (χ4n) is 2.83. The molecule has 0 bridgehead atoms. The minimum absolute atomic E-state index is 0.152. The standard InChI is InChI=1S/C15H22O2/c1-6-17-15(4)9-11-7-8-12(10(2)3)14(16-5)13(11)15/h7-8,10H,6,9H2,1-5H3. The molecule has 0 N–H and O–H groups in total. The van der Waals surface area contributed by atoms with E-state index in [1.165, 1.54) is 16.7 Å². The summed E-state index contributed by atoms with van der Waals surface area (Å²) in [6, 6.07) is 4.40. The molecule has 0 fully saturated rings. The second kappa shape index (κ2) is 4.34. The van der Waals surface area contributed by atoms with Crippen LogP contribution in [0.4, 0.5) is 0 Å². The summed E-state index contributed by atoms with van der Waals surface area (Å²) in [7, 11) is 1.76. The van der Waals surface area contributed by atoms with E-state index in [0.717, 1.165) is 18.8 Å². The lowest BCUT2D eigenvalue weighted by Crippen LogP contribution is -2.39. The Hall–Kier alpha value is -1.02. The summed E-state index contributed by atoms with van der Waals surface area (Å²) < 4.78 is 11.5. The van der Waals surface area contributed by atoms with Crippen LogP contribution >= 0.6 is 0 Å². The van der Waals surface area contributed by atoms with E-state index in [1.54, 1.807) is 7.11 Å². The molecule has 1 unspecified atom stereocenters. The van der Waals surface area contributed by atoms with Crippen LogP contribution in [0.3, 0.4) is 0 Å². The van der Waals surface area contributed by atoms with Crippen molar-refractivity contribution in [1.29, 1.82) is 0 Å². The van der Waals surface area contributed by atoms with Crippen molar-refractivity contribution in [3.05, 3.63) is 28.8 Å². The normalized spacial score (nSPS) is 22.2. The SMILES string of the molecule is CCOC1(C)Cc2ccc(C(C)C)c(OC)c21. The van der Waals surface area contributed by atoms with Gasteiger partial charge in [-0.2, -0.15) is 0 Å². The average molecular weight is 234 g/mol. The molecule has 1 aromatic rings. The maximum absolute atomic E-state index is 5.89. The van der Waals surface area contributed by atoms with E-state index in [2.05, 4.69) is 32.9 Å². The number of hydrogen-bond acceptors (Lipinski definition) is 2. The number of hydrogen-bond donors (Lipinski definition) is 0. The smallest absolute Gasteiger partial charge is 0.128 e. The summed E-state index contributed by atoms with van der Waals surface area (Å²) in [6.45, 7) is 9.33. The summed E-state index contributed by atoms with van der Waals surface area (Å²) >= 11 is 0. The molecule has 2 nitrogen and oxygen atoms in total. The van der Waals surface area contributed by atoms with Crippen LogP contribution in [0.25, 0.3) is 0 Å². The fourth-order valence-corrected chi connectivity index (χ4v) is 2.83. The Morgan fingerprint density at radius 1 is 1.35 bits per heavy atom. The van der Waals surface area contributed by atoms with Gasteiger partial charge >= 0.3 is 0 Å². The van der Waals surface area contributed by atoms with E-state index in [4.69, 9.17) is 9.47 Å². The monoisotopic (exact) mass is 234 g/mol. The second-order valence-corrected chi connectivity index (χ2v) is 5.22. The van der Waals surface area contributed by atoms with Crippen LogP contribution in [0.15, 0.2) is 12.1 Å². The third kappa shape index (κ3) is 1.85. The molecule has 1 atom stereocenters. The van der Waals surface area contributed by atoms with Gasteiger partial charge in [-0.15, -0.1) is 0 Å². The zero-order valence-electron chi connectivity index (χ0n) is 11.5. The van der Waals surface area contributed by atoms with Crippen LogP contribution in [0, 0.1) is 0 Å². The third-order valence-corrected chi connectivity index (χ3v) is 3.62. The lowest BCUT2D eigenvalue weighted by Gasteiger charge is -2.42. The molecule has 0 saturated carbocycles. The molecule has 0 radical (unpaired) electrons. The van der Waals surface area contributed by atoms with Gasteiger partial charge in [0, 0.05) is 18.6 Å². The summed E-state index contributed by atoms with van der Waals surface area (Å²) in [5.74, 6) is 1.50. The summed E-state index contributed by atoms with van der Waals surface area (Å²) in [5.41, 5.74) is 3.74. The minimum atomic E-state index is -0.152. The molecule has 0 spiro atoms. The molecule has 0 heterocycles. The molecular weight excluding hydrogens is 212 g/mol. The summed E-state index contributed by atoms with van der Waals surface area (Å²) in [4.78, 5) is 0. The van der Waals surface area contributed by atoms with Crippen LogP contribution in [0.2, 0.25) is 0 Å². The molecule has 0 aromatic heterocycles. The number of fused-ring (bicyclic) bond motifs is 1. The highest BCUT2D eigenvalue weighted by atomic mass is 16.5. The van der Waals surface area contributed by atoms with Gasteiger partial charge in [-0.1, -0.05) is 26.0 Å². The highest BCUT2D eigenvalue weighted by Crippen LogP contribution is 2.49. The zero-order chi connectivity index (χ0) is 12.6. The van der Waals surface area contributed by atoms with Gasteiger partial charge in [0.05, 0.1) is 12.7 Å². The molecule has 2 rings (SSSR count). The highest BCUT2D eigenvalue weighted by Gasteiger charge is 2.43. The van der Waals surface area contributed by atoms with Crippen molar-refractivity contribution >= 4 is 0 Å². The number of ether oxygens (including phenoxy) is 2. The van der Waals surface area contributed by atoms with Crippen LogP contribution < -0.4 is 4.74 Å². The Balaban J connectivity index is 2.50. The first-order chi connectivity index (χ1) is 8.03. The van der Waals surface area contributed by atoms with Gasteiger partial charge in [0.25, 0.3) is 0 Å². The molecular formula is C15H22O2. The molecule has 17 heavy (non-hydrogen) atoms. The average Bonchev–Trinajstić information content (AvgIpc) is 2.26. The third-order valence-electron chi connectivity index (χ3n) is 3.62. The first-order valence-electron chi connectivity index (χ1n) is 6.37. The van der Waals surface area contributed by atoms with Crippen molar-refractivity contribution in [3.8, 4) is 5.75 Å². The van der Waals surface area contributed by atoms with Crippen LogP contribution in [0.5, 0.6) is 5.75 Å². The lowest BCUT2D eigenvalue weighted by molar-refractivity contribution is -0.0492. The Morgan fingerprint density at radius 3 is 2.59 bits per heavy atom. The van der Waals surface area contributed by atoms with Gasteiger partial charge in [-0.25, -0.2) is 0 Å².